The number of thiocarbonyl (C=S) groups is 1. The van der Waals surface area contributed by atoms with Gasteiger partial charge in [0.1, 0.15) is 11.5 Å². The molecule has 0 aliphatic rings. The van der Waals surface area contributed by atoms with E-state index in [4.69, 9.17) is 18.0 Å². The molecule has 0 saturated heterocycles. The van der Waals surface area contributed by atoms with Gasteiger partial charge in [-0.1, -0.05) is 28.1 Å². The highest BCUT2D eigenvalue weighted by Crippen LogP contribution is 2.22. The molecule has 0 bridgehead atoms. The Hall–Kier alpha value is -0.910. The molecule has 0 aliphatic heterocycles. The molecule has 0 spiro atoms. The number of rotatable bonds is 5. The van der Waals surface area contributed by atoms with Gasteiger partial charge in [-0.3, -0.25) is 4.72 Å². The SMILES string of the molecule is NC(=S)c1cc(Br)ccc1NS(=O)(=O)NCC(F)(F)F. The summed E-state index contributed by atoms with van der Waals surface area (Å²) in [6.07, 6.45) is -4.65. The van der Waals surface area contributed by atoms with Crippen molar-refractivity contribution in [2.75, 3.05) is 11.3 Å². The number of nitrogens with two attached hydrogens (primary N) is 1. The maximum Gasteiger partial charge on any atom is 0.402 e. The minimum Gasteiger partial charge on any atom is -0.389 e. The van der Waals surface area contributed by atoms with Crippen LogP contribution in [0.5, 0.6) is 0 Å². The highest BCUT2D eigenvalue weighted by atomic mass is 79.9. The number of halogens is 4. The smallest absolute Gasteiger partial charge is 0.389 e. The topological polar surface area (TPSA) is 84.2 Å². The summed E-state index contributed by atoms with van der Waals surface area (Å²) in [6.45, 7) is -1.68. The standard InChI is InChI=1S/C9H9BrF3N3O2S2/c10-5-1-2-7(6(3-5)8(14)19)16-20(17,18)15-4-9(11,12)13/h1-3,15-16H,4H2,(H2,14,19). The Kier molecular flexibility index (Phi) is 5.35. The first kappa shape index (κ1) is 17.1. The van der Waals surface area contributed by atoms with E-state index in [0.717, 1.165) is 0 Å². The summed E-state index contributed by atoms with van der Waals surface area (Å²) in [7, 11) is -4.39. The third-order valence-electron chi connectivity index (χ3n) is 1.95. The molecule has 1 rings (SSSR count). The highest BCUT2D eigenvalue weighted by Gasteiger charge is 2.29. The van der Waals surface area contributed by atoms with E-state index in [1.807, 2.05) is 4.72 Å². The molecule has 0 amide bonds. The minimum absolute atomic E-state index is 0.0182. The van der Waals surface area contributed by atoms with Gasteiger partial charge in [-0.05, 0) is 18.2 Å². The lowest BCUT2D eigenvalue weighted by Crippen LogP contribution is -2.37. The number of benzene rings is 1. The lowest BCUT2D eigenvalue weighted by molar-refractivity contribution is -0.121. The minimum atomic E-state index is -4.65. The monoisotopic (exact) mass is 391 g/mol. The maximum absolute atomic E-state index is 12.0. The van der Waals surface area contributed by atoms with Crippen molar-refractivity contribution in [3.05, 3.63) is 28.2 Å². The molecule has 0 fully saturated rings. The number of hydrogen-bond acceptors (Lipinski definition) is 3. The second-order valence-electron chi connectivity index (χ2n) is 3.60. The quantitative estimate of drug-likeness (QED) is 0.669. The molecular formula is C9H9BrF3N3O2S2. The van der Waals surface area contributed by atoms with Gasteiger partial charge in [-0.25, -0.2) is 0 Å². The van der Waals surface area contributed by atoms with Crippen molar-refractivity contribution in [2.45, 2.75) is 6.18 Å². The van der Waals surface area contributed by atoms with Crippen molar-refractivity contribution in [3.63, 3.8) is 0 Å². The van der Waals surface area contributed by atoms with E-state index < -0.39 is 22.9 Å². The average molecular weight is 392 g/mol. The molecule has 0 aromatic heterocycles. The first-order valence-corrected chi connectivity index (χ1v) is 7.62. The molecule has 5 nitrogen and oxygen atoms in total. The molecule has 4 N–H and O–H groups in total. The van der Waals surface area contributed by atoms with Crippen LogP contribution in [0.2, 0.25) is 0 Å². The number of nitrogens with one attached hydrogen (secondary N) is 2. The van der Waals surface area contributed by atoms with Crippen molar-refractivity contribution >= 4 is 49.0 Å². The molecule has 112 valence electrons. The Bertz CT molecular complexity index is 619. The second-order valence-corrected chi connectivity index (χ2v) is 6.45. The summed E-state index contributed by atoms with van der Waals surface area (Å²) in [6, 6.07) is 4.26. The normalized spacial score (nSPS) is 12.2. The van der Waals surface area contributed by atoms with E-state index in [0.29, 0.717) is 4.47 Å². The third kappa shape index (κ3) is 5.61. The van der Waals surface area contributed by atoms with E-state index in [2.05, 4.69) is 15.9 Å². The summed E-state index contributed by atoms with van der Waals surface area (Å²) < 4.78 is 62.8. The zero-order valence-electron chi connectivity index (χ0n) is 9.66. The molecule has 20 heavy (non-hydrogen) atoms. The van der Waals surface area contributed by atoms with Crippen LogP contribution in [0.4, 0.5) is 18.9 Å². The number of anilines is 1. The number of alkyl halides is 3. The fourth-order valence-corrected chi connectivity index (χ4v) is 2.59. The van der Waals surface area contributed by atoms with Crippen LogP contribution < -0.4 is 15.2 Å². The van der Waals surface area contributed by atoms with Crippen LogP contribution in [0.15, 0.2) is 22.7 Å². The van der Waals surface area contributed by atoms with Gasteiger partial charge < -0.3 is 5.73 Å². The zero-order valence-corrected chi connectivity index (χ0v) is 12.9. The van der Waals surface area contributed by atoms with Crippen molar-refractivity contribution in [3.8, 4) is 0 Å². The van der Waals surface area contributed by atoms with E-state index in [-0.39, 0.29) is 16.2 Å². The van der Waals surface area contributed by atoms with Gasteiger partial charge in [0.05, 0.1) is 5.69 Å². The van der Waals surface area contributed by atoms with E-state index in [1.54, 1.807) is 0 Å². The van der Waals surface area contributed by atoms with Crippen LogP contribution in [0.25, 0.3) is 0 Å². The van der Waals surface area contributed by atoms with Gasteiger partial charge in [0.2, 0.25) is 0 Å². The fraction of sp³-hybridized carbons (Fsp3) is 0.222. The molecule has 0 aliphatic carbocycles. The molecule has 1 aromatic rings. The lowest BCUT2D eigenvalue weighted by Gasteiger charge is -2.14. The van der Waals surface area contributed by atoms with Gasteiger partial charge in [0, 0.05) is 10.0 Å². The van der Waals surface area contributed by atoms with Crippen LogP contribution in [0, 0.1) is 0 Å². The van der Waals surface area contributed by atoms with Crippen molar-refractivity contribution in [1.82, 2.24) is 4.72 Å². The molecule has 0 radical (unpaired) electrons. The maximum atomic E-state index is 12.0. The van der Waals surface area contributed by atoms with Crippen LogP contribution in [0.3, 0.4) is 0 Å². The Morgan fingerprint density at radius 3 is 2.50 bits per heavy atom. The Balaban J connectivity index is 2.95. The summed E-state index contributed by atoms with van der Waals surface area (Å²) in [5.41, 5.74) is 5.59. The van der Waals surface area contributed by atoms with Crippen LogP contribution in [-0.4, -0.2) is 26.1 Å². The van der Waals surface area contributed by atoms with Gasteiger partial charge in [-0.2, -0.15) is 26.3 Å². The summed E-state index contributed by atoms with van der Waals surface area (Å²) in [5.74, 6) is 0. The third-order valence-corrected chi connectivity index (χ3v) is 3.68. The second kappa shape index (κ2) is 6.24. The van der Waals surface area contributed by atoms with Crippen LogP contribution in [-0.2, 0) is 10.2 Å². The largest absolute Gasteiger partial charge is 0.402 e. The Morgan fingerprint density at radius 2 is 2.00 bits per heavy atom. The molecule has 0 atom stereocenters. The highest BCUT2D eigenvalue weighted by molar-refractivity contribution is 9.10. The predicted molar refractivity (Wildman–Crippen MR) is 76.6 cm³/mol. The zero-order chi connectivity index (χ0) is 15.6. The molecule has 0 heterocycles. The van der Waals surface area contributed by atoms with Gasteiger partial charge in [-0.15, -0.1) is 0 Å². The molecule has 0 unspecified atom stereocenters. The van der Waals surface area contributed by atoms with E-state index in [1.165, 1.54) is 22.9 Å². The van der Waals surface area contributed by atoms with Crippen LogP contribution in [0.1, 0.15) is 5.56 Å². The Labute approximate surface area is 127 Å². The first-order valence-electron chi connectivity index (χ1n) is 4.94. The van der Waals surface area contributed by atoms with E-state index >= 15 is 0 Å². The predicted octanol–water partition coefficient (Wildman–Crippen LogP) is 1.89. The summed E-state index contributed by atoms with van der Waals surface area (Å²) in [4.78, 5) is -0.0974. The van der Waals surface area contributed by atoms with Crippen LogP contribution >= 0.6 is 28.1 Å². The van der Waals surface area contributed by atoms with Gasteiger partial charge in [0.15, 0.2) is 0 Å². The first-order chi connectivity index (χ1) is 9.00. The number of hydrogen-bond donors (Lipinski definition) is 3. The molecular weight excluding hydrogens is 383 g/mol. The summed E-state index contributed by atoms with van der Waals surface area (Å²) in [5, 5.41) is 0. The molecule has 11 heteroatoms. The van der Waals surface area contributed by atoms with Crippen molar-refractivity contribution in [2.24, 2.45) is 5.73 Å². The summed E-state index contributed by atoms with van der Waals surface area (Å²) >= 11 is 7.89. The van der Waals surface area contributed by atoms with Crippen molar-refractivity contribution < 1.29 is 21.6 Å². The average Bonchev–Trinajstić information content (AvgIpc) is 2.28. The fourth-order valence-electron chi connectivity index (χ4n) is 1.17. The van der Waals surface area contributed by atoms with Gasteiger partial charge >= 0.3 is 6.18 Å². The van der Waals surface area contributed by atoms with Gasteiger partial charge in [0.25, 0.3) is 10.2 Å². The Morgan fingerprint density at radius 1 is 1.40 bits per heavy atom. The lowest BCUT2D eigenvalue weighted by atomic mass is 10.2. The van der Waals surface area contributed by atoms with Crippen molar-refractivity contribution in [1.29, 1.82) is 0 Å². The molecule has 0 saturated carbocycles. The molecule has 1 aromatic carbocycles. The van der Waals surface area contributed by atoms with E-state index in [9.17, 15) is 21.6 Å².